The second-order valence-corrected chi connectivity index (χ2v) is 10.7. The van der Waals surface area contributed by atoms with E-state index in [1.807, 2.05) is 6.92 Å². The first-order valence-corrected chi connectivity index (χ1v) is 13.2. The molecule has 0 spiro atoms. The maximum absolute atomic E-state index is 13.8. The predicted octanol–water partition coefficient (Wildman–Crippen LogP) is 4.07. The first-order chi connectivity index (χ1) is 17.7. The average Bonchev–Trinajstić information content (AvgIpc) is 2.80. The maximum Gasteiger partial charge on any atom is 0.408 e. The minimum Gasteiger partial charge on any atom is -0.508 e. The second-order valence-electron chi connectivity index (χ2n) is 10.7. The molecule has 0 radical (unpaired) electrons. The first-order valence-electron chi connectivity index (χ1n) is 13.2. The number of amides is 3. The van der Waals surface area contributed by atoms with Gasteiger partial charge in [-0.15, -0.1) is 0 Å². The van der Waals surface area contributed by atoms with Gasteiger partial charge in [-0.1, -0.05) is 32.0 Å². The van der Waals surface area contributed by atoms with Crippen LogP contribution in [0, 0.1) is 5.92 Å². The molecule has 1 rings (SSSR count). The number of nitrogens with zero attached hydrogens (tertiary/aromatic N) is 1. The zero-order valence-electron chi connectivity index (χ0n) is 24.0. The number of ether oxygens (including phenoxy) is 2. The van der Waals surface area contributed by atoms with Crippen molar-refractivity contribution in [3.8, 4) is 5.75 Å². The number of hydrogen-bond donors (Lipinski definition) is 3. The molecule has 0 saturated heterocycles. The predicted molar refractivity (Wildman–Crippen MR) is 144 cm³/mol. The van der Waals surface area contributed by atoms with E-state index in [1.165, 1.54) is 17.9 Å². The number of hydrogen-bond acceptors (Lipinski definition) is 7. The molecule has 0 fully saturated rings. The molecule has 3 N–H and O–H groups in total. The summed E-state index contributed by atoms with van der Waals surface area (Å²) in [7, 11) is 0. The van der Waals surface area contributed by atoms with Gasteiger partial charge in [0.15, 0.2) is 0 Å². The van der Waals surface area contributed by atoms with Crippen LogP contribution in [-0.2, 0) is 23.9 Å². The fourth-order valence-corrected chi connectivity index (χ4v) is 3.84. The van der Waals surface area contributed by atoms with E-state index in [-0.39, 0.29) is 30.9 Å². The normalized spacial score (nSPS) is 13.7. The molecule has 1 aromatic rings. The van der Waals surface area contributed by atoms with Crippen LogP contribution in [0.3, 0.4) is 0 Å². The molecule has 0 aliphatic rings. The molecule has 214 valence electrons. The van der Waals surface area contributed by atoms with Crippen LogP contribution >= 0.6 is 0 Å². The van der Waals surface area contributed by atoms with Crippen molar-refractivity contribution in [2.24, 2.45) is 5.92 Å². The summed E-state index contributed by atoms with van der Waals surface area (Å²) in [6, 6.07) is 3.65. The number of carbonyl (C=O) groups excluding carboxylic acids is 4. The monoisotopic (exact) mass is 535 g/mol. The molecule has 0 aliphatic heterocycles. The zero-order chi connectivity index (χ0) is 29.0. The number of para-hydroxylation sites is 1. The largest absolute Gasteiger partial charge is 0.508 e. The summed E-state index contributed by atoms with van der Waals surface area (Å²) in [5, 5.41) is 15.9. The molecule has 10 heteroatoms. The zero-order valence-corrected chi connectivity index (χ0v) is 24.0. The summed E-state index contributed by atoms with van der Waals surface area (Å²) in [6.07, 6.45) is 0.575. The number of alkyl carbamates (subject to hydrolysis) is 1. The highest BCUT2D eigenvalue weighted by Gasteiger charge is 2.38. The molecule has 0 aliphatic carbocycles. The maximum atomic E-state index is 13.8. The quantitative estimate of drug-likeness (QED) is 0.324. The average molecular weight is 536 g/mol. The van der Waals surface area contributed by atoms with Crippen LogP contribution < -0.4 is 10.6 Å². The van der Waals surface area contributed by atoms with E-state index >= 15 is 0 Å². The summed E-state index contributed by atoms with van der Waals surface area (Å²) < 4.78 is 10.2. The Labute approximate surface area is 226 Å². The van der Waals surface area contributed by atoms with Crippen LogP contribution in [0.4, 0.5) is 4.79 Å². The molecule has 10 nitrogen and oxygen atoms in total. The van der Waals surface area contributed by atoms with Crippen LogP contribution in [0.5, 0.6) is 5.75 Å². The van der Waals surface area contributed by atoms with E-state index in [4.69, 9.17) is 9.47 Å². The molecule has 3 amide bonds. The second kappa shape index (κ2) is 15.2. The van der Waals surface area contributed by atoms with E-state index in [1.54, 1.807) is 45.9 Å². The summed E-state index contributed by atoms with van der Waals surface area (Å²) in [6.45, 7) is 14.5. The lowest BCUT2D eigenvalue weighted by Crippen LogP contribution is -2.54. The Morgan fingerprint density at radius 1 is 1.03 bits per heavy atom. The molecular weight excluding hydrogens is 490 g/mol. The van der Waals surface area contributed by atoms with Crippen molar-refractivity contribution >= 4 is 23.9 Å². The van der Waals surface area contributed by atoms with Crippen molar-refractivity contribution in [2.45, 2.75) is 98.4 Å². The van der Waals surface area contributed by atoms with Gasteiger partial charge in [0.05, 0.1) is 13.0 Å². The molecule has 3 unspecified atom stereocenters. The van der Waals surface area contributed by atoms with Gasteiger partial charge in [0.25, 0.3) is 0 Å². The highest BCUT2D eigenvalue weighted by molar-refractivity contribution is 5.92. The van der Waals surface area contributed by atoms with Gasteiger partial charge in [-0.2, -0.15) is 0 Å². The minimum absolute atomic E-state index is 0.00409. The van der Waals surface area contributed by atoms with E-state index in [0.717, 1.165) is 6.42 Å². The fraction of sp³-hybridized carbons (Fsp3) is 0.643. The fourth-order valence-electron chi connectivity index (χ4n) is 3.84. The lowest BCUT2D eigenvalue weighted by atomic mass is 9.97. The van der Waals surface area contributed by atoms with Gasteiger partial charge in [-0.25, -0.2) is 4.79 Å². The van der Waals surface area contributed by atoms with Gasteiger partial charge >= 0.3 is 12.1 Å². The number of aromatic hydroxyl groups is 1. The molecule has 0 saturated carbocycles. The summed E-state index contributed by atoms with van der Waals surface area (Å²) in [5.74, 6) is -1.33. The first kappa shape index (κ1) is 32.7. The Morgan fingerprint density at radius 2 is 1.66 bits per heavy atom. The van der Waals surface area contributed by atoms with Crippen molar-refractivity contribution in [3.63, 3.8) is 0 Å². The topological polar surface area (TPSA) is 134 Å². The van der Waals surface area contributed by atoms with Crippen molar-refractivity contribution < 1.29 is 33.8 Å². The van der Waals surface area contributed by atoms with Crippen molar-refractivity contribution in [2.75, 3.05) is 13.2 Å². The van der Waals surface area contributed by atoms with E-state index in [9.17, 15) is 24.3 Å². The van der Waals surface area contributed by atoms with Crippen molar-refractivity contribution in [1.82, 2.24) is 15.5 Å². The molecule has 0 aromatic heterocycles. The lowest BCUT2D eigenvalue weighted by molar-refractivity contribution is -0.146. The van der Waals surface area contributed by atoms with Crippen molar-refractivity contribution in [1.29, 1.82) is 0 Å². The van der Waals surface area contributed by atoms with Gasteiger partial charge in [-0.05, 0) is 66.4 Å². The number of carbonyl (C=O) groups is 4. The van der Waals surface area contributed by atoms with Crippen LogP contribution in [0.15, 0.2) is 24.3 Å². The van der Waals surface area contributed by atoms with E-state index < -0.39 is 47.6 Å². The Morgan fingerprint density at radius 3 is 2.21 bits per heavy atom. The number of phenols is 1. The van der Waals surface area contributed by atoms with Crippen LogP contribution in [-0.4, -0.2) is 64.7 Å². The summed E-state index contributed by atoms with van der Waals surface area (Å²) in [5.41, 5.74) is -0.524. The summed E-state index contributed by atoms with van der Waals surface area (Å²) >= 11 is 0. The van der Waals surface area contributed by atoms with Gasteiger partial charge < -0.3 is 30.1 Å². The highest BCUT2D eigenvalue weighted by atomic mass is 16.6. The highest BCUT2D eigenvalue weighted by Crippen LogP contribution is 2.32. The van der Waals surface area contributed by atoms with Gasteiger partial charge in [0.2, 0.25) is 11.8 Å². The third kappa shape index (κ3) is 11.0. The van der Waals surface area contributed by atoms with Gasteiger partial charge in [0, 0.05) is 18.2 Å². The van der Waals surface area contributed by atoms with E-state index in [0.29, 0.717) is 12.3 Å². The molecule has 38 heavy (non-hydrogen) atoms. The number of rotatable bonds is 13. The van der Waals surface area contributed by atoms with Gasteiger partial charge in [-0.3, -0.25) is 14.4 Å². The molecule has 0 bridgehead atoms. The third-order valence-electron chi connectivity index (χ3n) is 5.69. The van der Waals surface area contributed by atoms with Gasteiger partial charge in [0.1, 0.15) is 23.4 Å². The standard InChI is InChI=1S/C28H45N3O7/c1-9-37-23(33)16-17-29-25(34)24(21-12-10-11-13-22(21)32)31(19(4)15-14-18(2)3)26(35)20(5)30-27(36)38-28(6,7)8/h10-13,18-20,24,32H,9,14-17H2,1-8H3,(H,29,34)(H,30,36). The summed E-state index contributed by atoms with van der Waals surface area (Å²) in [4.78, 5) is 53.0. The Bertz CT molecular complexity index is 943. The molecule has 1 aromatic carbocycles. The third-order valence-corrected chi connectivity index (χ3v) is 5.69. The number of phenolic OH excluding ortho intramolecular Hbond substituents is 1. The Kier molecular flexibility index (Phi) is 13.1. The van der Waals surface area contributed by atoms with Crippen LogP contribution in [0.2, 0.25) is 0 Å². The Balaban J connectivity index is 3.39. The van der Waals surface area contributed by atoms with Crippen LogP contribution in [0.1, 0.15) is 86.3 Å². The molecular formula is C28H45N3O7. The minimum atomic E-state index is -1.21. The van der Waals surface area contributed by atoms with E-state index in [2.05, 4.69) is 24.5 Å². The lowest BCUT2D eigenvalue weighted by Gasteiger charge is -2.38. The van der Waals surface area contributed by atoms with Crippen molar-refractivity contribution in [3.05, 3.63) is 29.8 Å². The molecule has 3 atom stereocenters. The number of benzene rings is 1. The number of nitrogens with one attached hydrogen (secondary N) is 2. The molecule has 0 heterocycles. The smallest absolute Gasteiger partial charge is 0.408 e. The Hall–Kier alpha value is -3.30. The van der Waals surface area contributed by atoms with Crippen LogP contribution in [0.25, 0.3) is 0 Å². The number of esters is 1. The SMILES string of the molecule is CCOC(=O)CCNC(=O)C(c1ccccc1O)N(C(=O)C(C)NC(=O)OC(C)(C)C)C(C)CCC(C)C.